The minimum absolute atomic E-state index is 0.134. The van der Waals surface area contributed by atoms with E-state index in [4.69, 9.17) is 9.84 Å². The van der Waals surface area contributed by atoms with Crippen LogP contribution in [0.1, 0.15) is 13.8 Å². The number of ether oxygens (including phenoxy) is 1. The fraction of sp³-hybridized carbons (Fsp3) is 0.417. The monoisotopic (exact) mass is 268 g/mol. The van der Waals surface area contributed by atoms with Crippen LogP contribution < -0.4 is 9.64 Å². The van der Waals surface area contributed by atoms with Gasteiger partial charge in [0.05, 0.1) is 11.5 Å². The second-order valence-electron chi connectivity index (χ2n) is 3.94. The molecule has 1 aromatic rings. The molecule has 0 heterocycles. The van der Waals surface area contributed by atoms with Crippen LogP contribution in [-0.4, -0.2) is 35.7 Å². The van der Waals surface area contributed by atoms with Gasteiger partial charge in [0, 0.05) is 7.05 Å². The summed E-state index contributed by atoms with van der Waals surface area (Å²) < 4.78 is 5.21. The van der Waals surface area contributed by atoms with E-state index in [2.05, 4.69) is 0 Å². The Hall–Kier alpha value is -2.31. The van der Waals surface area contributed by atoms with Crippen LogP contribution in [0.2, 0.25) is 0 Å². The minimum Gasteiger partial charge on any atom is -0.487 e. The van der Waals surface area contributed by atoms with Crippen molar-refractivity contribution in [2.24, 2.45) is 0 Å². The van der Waals surface area contributed by atoms with E-state index in [9.17, 15) is 14.9 Å². The molecule has 0 aliphatic heterocycles. The fourth-order valence-corrected chi connectivity index (χ4v) is 1.63. The van der Waals surface area contributed by atoms with Crippen molar-refractivity contribution in [1.82, 2.24) is 0 Å². The number of nitro groups is 1. The lowest BCUT2D eigenvalue weighted by Crippen LogP contribution is -2.36. The van der Waals surface area contributed by atoms with Crippen LogP contribution in [-0.2, 0) is 4.79 Å². The van der Waals surface area contributed by atoms with Crippen LogP contribution in [0.3, 0.4) is 0 Å². The van der Waals surface area contributed by atoms with Gasteiger partial charge in [-0.15, -0.1) is 0 Å². The van der Waals surface area contributed by atoms with Gasteiger partial charge in [0.2, 0.25) is 0 Å². The molecule has 1 rings (SSSR count). The topological polar surface area (TPSA) is 92.9 Å². The molecule has 1 N–H and O–H groups in total. The highest BCUT2D eigenvalue weighted by Gasteiger charge is 2.27. The SMILES string of the molecule is CCOc1cccc(N(C)C(C)C(=O)O)c1[N+](=O)[O-]. The molecule has 1 atom stereocenters. The number of aliphatic carboxylic acids is 1. The van der Waals surface area contributed by atoms with Gasteiger partial charge in [-0.2, -0.15) is 0 Å². The number of hydrogen-bond donors (Lipinski definition) is 1. The molecule has 7 nitrogen and oxygen atoms in total. The van der Waals surface area contributed by atoms with E-state index in [-0.39, 0.29) is 17.1 Å². The van der Waals surface area contributed by atoms with Crippen molar-refractivity contribution >= 4 is 17.3 Å². The number of carboxylic acid groups (broad SMARTS) is 1. The third-order valence-corrected chi connectivity index (χ3v) is 2.78. The van der Waals surface area contributed by atoms with Crippen LogP contribution >= 0.6 is 0 Å². The van der Waals surface area contributed by atoms with Crippen molar-refractivity contribution < 1.29 is 19.6 Å². The second kappa shape index (κ2) is 6.03. The molecule has 0 saturated carbocycles. The van der Waals surface area contributed by atoms with E-state index >= 15 is 0 Å². The first-order valence-electron chi connectivity index (χ1n) is 5.76. The molecule has 0 bridgehead atoms. The van der Waals surface area contributed by atoms with Gasteiger partial charge in [0.15, 0.2) is 5.75 Å². The Bertz CT molecular complexity index is 489. The Morgan fingerprint density at radius 3 is 2.68 bits per heavy atom. The molecular weight excluding hydrogens is 252 g/mol. The number of hydrogen-bond acceptors (Lipinski definition) is 5. The minimum atomic E-state index is -1.06. The third-order valence-electron chi connectivity index (χ3n) is 2.78. The Morgan fingerprint density at radius 1 is 1.58 bits per heavy atom. The molecule has 0 radical (unpaired) electrons. The van der Waals surface area contributed by atoms with E-state index in [0.29, 0.717) is 6.61 Å². The zero-order chi connectivity index (χ0) is 14.6. The molecule has 0 spiro atoms. The van der Waals surface area contributed by atoms with E-state index in [1.54, 1.807) is 13.0 Å². The molecule has 1 aromatic carbocycles. The number of anilines is 1. The first-order valence-corrected chi connectivity index (χ1v) is 5.76. The number of carboxylic acids is 1. The van der Waals surface area contributed by atoms with Gasteiger partial charge < -0.3 is 14.7 Å². The Kier molecular flexibility index (Phi) is 4.68. The summed E-state index contributed by atoms with van der Waals surface area (Å²) in [5, 5.41) is 20.1. The lowest BCUT2D eigenvalue weighted by atomic mass is 10.2. The zero-order valence-corrected chi connectivity index (χ0v) is 11.0. The first-order chi connectivity index (χ1) is 8.90. The number of nitrogens with zero attached hydrogens (tertiary/aromatic N) is 2. The van der Waals surface area contributed by atoms with E-state index in [1.165, 1.54) is 31.0 Å². The van der Waals surface area contributed by atoms with Crippen LogP contribution in [0.15, 0.2) is 18.2 Å². The molecule has 0 amide bonds. The normalized spacial score (nSPS) is 11.7. The molecule has 7 heteroatoms. The molecule has 0 aliphatic carbocycles. The third kappa shape index (κ3) is 3.12. The summed E-state index contributed by atoms with van der Waals surface area (Å²) >= 11 is 0. The maximum Gasteiger partial charge on any atom is 0.333 e. The summed E-state index contributed by atoms with van der Waals surface area (Å²) in [4.78, 5) is 22.9. The predicted molar refractivity (Wildman–Crippen MR) is 69.8 cm³/mol. The molecule has 104 valence electrons. The molecule has 19 heavy (non-hydrogen) atoms. The van der Waals surface area contributed by atoms with Crippen LogP contribution in [0, 0.1) is 10.1 Å². The predicted octanol–water partition coefficient (Wildman–Crippen LogP) is 1.90. The van der Waals surface area contributed by atoms with Crippen molar-refractivity contribution in [2.45, 2.75) is 19.9 Å². The van der Waals surface area contributed by atoms with Gasteiger partial charge in [0.1, 0.15) is 11.7 Å². The maximum atomic E-state index is 11.2. The summed E-state index contributed by atoms with van der Waals surface area (Å²) in [5.41, 5.74) is -0.00852. The number of benzene rings is 1. The summed E-state index contributed by atoms with van der Waals surface area (Å²) in [6.45, 7) is 3.47. The zero-order valence-electron chi connectivity index (χ0n) is 11.0. The van der Waals surface area contributed by atoms with Crippen molar-refractivity contribution in [3.8, 4) is 5.75 Å². The van der Waals surface area contributed by atoms with E-state index in [1.807, 2.05) is 0 Å². The van der Waals surface area contributed by atoms with E-state index in [0.717, 1.165) is 0 Å². The highest BCUT2D eigenvalue weighted by molar-refractivity contribution is 5.80. The summed E-state index contributed by atoms with van der Waals surface area (Å²) in [7, 11) is 1.50. The van der Waals surface area contributed by atoms with Crippen molar-refractivity contribution in [1.29, 1.82) is 0 Å². The van der Waals surface area contributed by atoms with Gasteiger partial charge in [0.25, 0.3) is 0 Å². The maximum absolute atomic E-state index is 11.2. The molecule has 1 unspecified atom stereocenters. The van der Waals surface area contributed by atoms with Crippen LogP contribution in [0.5, 0.6) is 5.75 Å². The molecule has 0 fully saturated rings. The smallest absolute Gasteiger partial charge is 0.333 e. The lowest BCUT2D eigenvalue weighted by Gasteiger charge is -2.23. The molecule has 0 saturated heterocycles. The van der Waals surface area contributed by atoms with Gasteiger partial charge in [-0.3, -0.25) is 10.1 Å². The first kappa shape index (κ1) is 14.7. The molecular formula is C12H16N2O5. The van der Waals surface area contributed by atoms with Crippen LogP contribution in [0.25, 0.3) is 0 Å². The second-order valence-corrected chi connectivity index (χ2v) is 3.94. The van der Waals surface area contributed by atoms with Gasteiger partial charge in [-0.25, -0.2) is 4.79 Å². The number of rotatable bonds is 6. The summed E-state index contributed by atoms with van der Waals surface area (Å²) in [6.07, 6.45) is 0. The summed E-state index contributed by atoms with van der Waals surface area (Å²) in [6, 6.07) is 3.71. The number of nitro benzene ring substituents is 1. The Balaban J connectivity index is 3.30. The molecule has 0 aromatic heterocycles. The highest BCUT2D eigenvalue weighted by Crippen LogP contribution is 2.37. The van der Waals surface area contributed by atoms with Crippen molar-refractivity contribution in [3.63, 3.8) is 0 Å². The number of likely N-dealkylation sites (N-methyl/N-ethyl adjacent to an activating group) is 1. The van der Waals surface area contributed by atoms with E-state index < -0.39 is 16.9 Å². The number of carbonyl (C=O) groups is 1. The summed E-state index contributed by atoms with van der Waals surface area (Å²) in [5.74, 6) is -0.923. The standard InChI is InChI=1S/C12H16N2O5/c1-4-19-10-7-5-6-9(11(10)14(17)18)13(3)8(2)12(15)16/h5-8H,4H2,1-3H3,(H,15,16). The average molecular weight is 268 g/mol. The Labute approximate surface area is 110 Å². The highest BCUT2D eigenvalue weighted by atomic mass is 16.6. The Morgan fingerprint density at radius 2 is 2.21 bits per heavy atom. The van der Waals surface area contributed by atoms with Crippen LogP contribution in [0.4, 0.5) is 11.4 Å². The largest absolute Gasteiger partial charge is 0.487 e. The average Bonchev–Trinajstić information content (AvgIpc) is 2.36. The number of para-hydroxylation sites is 1. The molecule has 0 aliphatic rings. The quantitative estimate of drug-likeness (QED) is 0.625. The van der Waals surface area contributed by atoms with Gasteiger partial charge >= 0.3 is 11.7 Å². The van der Waals surface area contributed by atoms with Crippen molar-refractivity contribution in [3.05, 3.63) is 28.3 Å². The fourth-order valence-electron chi connectivity index (χ4n) is 1.63. The van der Waals surface area contributed by atoms with Crippen molar-refractivity contribution in [2.75, 3.05) is 18.6 Å². The lowest BCUT2D eigenvalue weighted by molar-refractivity contribution is -0.385. The van der Waals surface area contributed by atoms with Gasteiger partial charge in [-0.1, -0.05) is 6.07 Å². The van der Waals surface area contributed by atoms with Gasteiger partial charge in [-0.05, 0) is 26.0 Å².